The lowest BCUT2D eigenvalue weighted by Gasteiger charge is -2.09. The molecule has 0 fully saturated rings. The molecule has 0 spiro atoms. The van der Waals surface area contributed by atoms with Crippen molar-refractivity contribution in [2.45, 2.75) is 20.4 Å². The van der Waals surface area contributed by atoms with Crippen LogP contribution in [0.1, 0.15) is 18.1 Å². The number of hydrogen-bond donors (Lipinski definition) is 1. The summed E-state index contributed by atoms with van der Waals surface area (Å²) >= 11 is 4.82. The van der Waals surface area contributed by atoms with Crippen LogP contribution in [0.25, 0.3) is 17.0 Å². The number of thioether (sulfide) groups is 1. The quantitative estimate of drug-likeness (QED) is 0.196. The fraction of sp³-hybridized carbons (Fsp3) is 0.188. The molecule has 8 nitrogen and oxygen atoms in total. The van der Waals surface area contributed by atoms with E-state index in [0.717, 1.165) is 26.5 Å². The average molecular weight is 648 g/mol. The minimum atomic E-state index is -0.609. The van der Waals surface area contributed by atoms with E-state index in [0.29, 0.717) is 46.0 Å². The molecule has 3 aromatic carbocycles. The molecule has 3 heterocycles. The topological polar surface area (TPSA) is 91.5 Å². The summed E-state index contributed by atoms with van der Waals surface area (Å²) in [5.74, 6) is 1.33. The van der Waals surface area contributed by atoms with Gasteiger partial charge in [-0.1, -0.05) is 45.4 Å². The molecule has 0 saturated carbocycles. The van der Waals surface area contributed by atoms with E-state index in [1.165, 1.54) is 11.8 Å². The van der Waals surface area contributed by atoms with Gasteiger partial charge < -0.3 is 28.6 Å². The second kappa shape index (κ2) is 12.0. The van der Waals surface area contributed by atoms with Gasteiger partial charge in [-0.15, -0.1) is 0 Å². The summed E-state index contributed by atoms with van der Waals surface area (Å²) in [5, 5.41) is 12.6. The Morgan fingerprint density at radius 1 is 1.12 bits per heavy atom. The van der Waals surface area contributed by atoms with Gasteiger partial charge in [0.05, 0.1) is 23.7 Å². The first kappa shape index (κ1) is 28.0. The molecule has 10 heteroatoms. The van der Waals surface area contributed by atoms with Crippen molar-refractivity contribution in [3.05, 3.63) is 98.7 Å². The molecule has 0 radical (unpaired) electrons. The average Bonchev–Trinajstić information content (AvgIpc) is 3.66. The number of benzene rings is 3. The van der Waals surface area contributed by atoms with Crippen LogP contribution < -0.4 is 14.2 Å². The Bertz CT molecular complexity index is 1770. The van der Waals surface area contributed by atoms with Gasteiger partial charge in [-0.05, 0) is 62.4 Å². The summed E-state index contributed by atoms with van der Waals surface area (Å²) in [5.41, 5.74) is 3.73. The van der Waals surface area contributed by atoms with Crippen LogP contribution in [0.3, 0.4) is 0 Å². The van der Waals surface area contributed by atoms with E-state index >= 15 is 0 Å². The minimum absolute atomic E-state index is 0.0655. The van der Waals surface area contributed by atoms with Gasteiger partial charge in [0, 0.05) is 33.2 Å². The molecule has 0 aliphatic carbocycles. The lowest BCUT2D eigenvalue weighted by molar-refractivity contribution is -0.138. The SMILES string of the molecule is CCOC(=O)C1=C(O)/C(=C/c2cn(CCOc3ccc4c(c3)OCO4)c3ccc(Br)cc23)SC1=Nc1ccc(C)cc1. The van der Waals surface area contributed by atoms with Gasteiger partial charge >= 0.3 is 5.97 Å². The summed E-state index contributed by atoms with van der Waals surface area (Å²) < 4.78 is 25.1. The molecule has 0 amide bonds. The molecule has 2 aliphatic rings. The van der Waals surface area contributed by atoms with Crippen molar-refractivity contribution < 1.29 is 28.8 Å². The highest BCUT2D eigenvalue weighted by Gasteiger charge is 2.33. The van der Waals surface area contributed by atoms with Crippen molar-refractivity contribution in [1.29, 1.82) is 0 Å². The number of aliphatic hydroxyl groups is 1. The van der Waals surface area contributed by atoms with Gasteiger partial charge in [-0.3, -0.25) is 0 Å². The van der Waals surface area contributed by atoms with Crippen molar-refractivity contribution >= 4 is 61.4 Å². The van der Waals surface area contributed by atoms with E-state index in [1.807, 2.05) is 79.9 Å². The van der Waals surface area contributed by atoms with Crippen molar-refractivity contribution in [1.82, 2.24) is 4.57 Å². The van der Waals surface area contributed by atoms with E-state index in [-0.39, 0.29) is 24.7 Å². The zero-order valence-corrected chi connectivity index (χ0v) is 25.3. The van der Waals surface area contributed by atoms with Gasteiger partial charge in [-0.25, -0.2) is 9.79 Å². The third-order valence-corrected chi connectivity index (χ3v) is 8.25. The van der Waals surface area contributed by atoms with Crippen molar-refractivity contribution in [3.63, 3.8) is 0 Å². The van der Waals surface area contributed by atoms with Crippen LogP contribution in [0.15, 0.2) is 92.6 Å². The van der Waals surface area contributed by atoms with Crippen LogP contribution in [-0.2, 0) is 16.1 Å². The molecule has 0 atom stereocenters. The highest BCUT2D eigenvalue weighted by atomic mass is 79.9. The number of aliphatic hydroxyl groups excluding tert-OH is 1. The summed E-state index contributed by atoms with van der Waals surface area (Å²) in [6.07, 6.45) is 3.89. The Hall–Kier alpha value is -4.15. The van der Waals surface area contributed by atoms with Crippen molar-refractivity contribution in [3.8, 4) is 17.2 Å². The minimum Gasteiger partial charge on any atom is -0.506 e. The van der Waals surface area contributed by atoms with Gasteiger partial charge in [0.2, 0.25) is 6.79 Å². The molecule has 1 N–H and O–H groups in total. The Labute approximate surface area is 255 Å². The molecular formula is C32H27BrN2O6S. The fourth-order valence-electron chi connectivity index (χ4n) is 4.70. The van der Waals surface area contributed by atoms with E-state index in [1.54, 1.807) is 6.92 Å². The lowest BCUT2D eigenvalue weighted by atomic mass is 10.1. The molecule has 6 rings (SSSR count). The van der Waals surface area contributed by atoms with Crippen LogP contribution >= 0.6 is 27.7 Å². The number of fused-ring (bicyclic) bond motifs is 2. The first-order valence-corrected chi connectivity index (χ1v) is 15.0. The van der Waals surface area contributed by atoms with E-state index in [2.05, 4.69) is 25.5 Å². The molecule has 214 valence electrons. The number of ether oxygens (including phenoxy) is 4. The Balaban J connectivity index is 1.31. The maximum absolute atomic E-state index is 12.9. The van der Waals surface area contributed by atoms with Gasteiger partial charge in [-0.2, -0.15) is 0 Å². The number of aliphatic imine (C=N–C) groups is 1. The van der Waals surface area contributed by atoms with Crippen LogP contribution in [-0.4, -0.2) is 40.7 Å². The molecule has 2 aliphatic heterocycles. The van der Waals surface area contributed by atoms with E-state index in [4.69, 9.17) is 18.9 Å². The monoisotopic (exact) mass is 646 g/mol. The number of halogens is 1. The highest BCUT2D eigenvalue weighted by Crippen LogP contribution is 2.41. The maximum atomic E-state index is 12.9. The van der Waals surface area contributed by atoms with E-state index in [9.17, 15) is 9.90 Å². The third kappa shape index (κ3) is 5.77. The van der Waals surface area contributed by atoms with Crippen molar-refractivity contribution in [2.24, 2.45) is 4.99 Å². The number of hydrogen-bond acceptors (Lipinski definition) is 8. The number of carbonyl (C=O) groups excluding carboxylic acids is 1. The highest BCUT2D eigenvalue weighted by molar-refractivity contribution is 9.10. The number of aryl methyl sites for hydroxylation is 1. The molecule has 4 aromatic rings. The summed E-state index contributed by atoms with van der Waals surface area (Å²) in [6, 6.07) is 19.2. The van der Waals surface area contributed by atoms with Gasteiger partial charge in [0.1, 0.15) is 28.7 Å². The summed E-state index contributed by atoms with van der Waals surface area (Å²) in [4.78, 5) is 18.1. The molecule has 1 aromatic heterocycles. The van der Waals surface area contributed by atoms with Crippen LogP contribution in [0.2, 0.25) is 0 Å². The zero-order valence-electron chi connectivity index (χ0n) is 22.9. The predicted octanol–water partition coefficient (Wildman–Crippen LogP) is 7.71. The summed E-state index contributed by atoms with van der Waals surface area (Å²) in [7, 11) is 0. The van der Waals surface area contributed by atoms with Crippen LogP contribution in [0, 0.1) is 6.92 Å². The third-order valence-electron chi connectivity index (χ3n) is 6.74. The first-order valence-electron chi connectivity index (χ1n) is 13.4. The number of esters is 1. The van der Waals surface area contributed by atoms with Crippen LogP contribution in [0.4, 0.5) is 5.69 Å². The molecule has 0 saturated heterocycles. The number of rotatable bonds is 8. The second-order valence-electron chi connectivity index (χ2n) is 9.61. The normalized spacial score (nSPS) is 16.2. The number of carbonyl (C=O) groups is 1. The number of nitrogens with zero attached hydrogens (tertiary/aromatic N) is 2. The molecular weight excluding hydrogens is 620 g/mol. The van der Waals surface area contributed by atoms with Gasteiger partial charge in [0.15, 0.2) is 11.5 Å². The number of aromatic nitrogens is 1. The van der Waals surface area contributed by atoms with Crippen molar-refractivity contribution in [2.75, 3.05) is 20.0 Å². The van der Waals surface area contributed by atoms with Crippen LogP contribution in [0.5, 0.6) is 17.2 Å². The molecule has 0 bridgehead atoms. The largest absolute Gasteiger partial charge is 0.506 e. The zero-order chi connectivity index (χ0) is 29.2. The predicted molar refractivity (Wildman–Crippen MR) is 168 cm³/mol. The Kier molecular flexibility index (Phi) is 7.99. The lowest BCUT2D eigenvalue weighted by Crippen LogP contribution is -2.12. The molecule has 0 unspecified atom stereocenters. The van der Waals surface area contributed by atoms with E-state index < -0.39 is 5.97 Å². The second-order valence-corrected chi connectivity index (χ2v) is 11.6. The van der Waals surface area contributed by atoms with Gasteiger partial charge in [0.25, 0.3) is 0 Å². The fourth-order valence-corrected chi connectivity index (χ4v) is 6.08. The molecule has 42 heavy (non-hydrogen) atoms. The smallest absolute Gasteiger partial charge is 0.344 e. The Morgan fingerprint density at radius 3 is 2.74 bits per heavy atom. The maximum Gasteiger partial charge on any atom is 0.344 e. The first-order chi connectivity index (χ1) is 20.4. The standard InChI is InChI=1S/C32H27BrN2O6S/c1-3-38-32(37)29-30(36)28(42-31(29)34-22-7-4-19(2)5-8-22)14-20-17-35(25-10-6-21(33)15-24(20)25)12-13-39-23-9-11-26-27(16-23)41-18-40-26/h4-11,14-17,36H,3,12-13,18H2,1-2H3/b28-14-,34-31?. The summed E-state index contributed by atoms with van der Waals surface area (Å²) in [6.45, 7) is 5.14. The Morgan fingerprint density at radius 2 is 1.93 bits per heavy atom.